The monoisotopic (exact) mass is 332 g/mol. The van der Waals surface area contributed by atoms with E-state index in [1.807, 2.05) is 25.1 Å². The van der Waals surface area contributed by atoms with E-state index < -0.39 is 10.0 Å². The van der Waals surface area contributed by atoms with Gasteiger partial charge in [0.25, 0.3) is 0 Å². The van der Waals surface area contributed by atoms with E-state index in [-0.39, 0.29) is 0 Å². The Morgan fingerprint density at radius 3 is 2.57 bits per heavy atom. The van der Waals surface area contributed by atoms with E-state index in [1.54, 1.807) is 28.6 Å². The molecule has 2 fully saturated rings. The second kappa shape index (κ2) is 5.47. The third-order valence-corrected chi connectivity index (χ3v) is 6.69. The average molecular weight is 332 g/mol. The minimum atomic E-state index is -3.37. The highest BCUT2D eigenvalue weighted by atomic mass is 32.2. The van der Waals surface area contributed by atoms with Gasteiger partial charge in [0.1, 0.15) is 11.5 Å². The SMILES string of the molecule is Cc1ccc(CN2C[C@H]3CN(S(=O)(=O)c4ccccc4)C[C@H]32)o1. The van der Waals surface area contributed by atoms with E-state index in [0.29, 0.717) is 29.9 Å². The molecular formula is C17H20N2O3S. The van der Waals surface area contributed by atoms with Crippen LogP contribution in [0.2, 0.25) is 0 Å². The van der Waals surface area contributed by atoms with Crippen LogP contribution in [0.25, 0.3) is 0 Å². The molecule has 0 N–H and O–H groups in total. The zero-order valence-electron chi connectivity index (χ0n) is 13.1. The highest BCUT2D eigenvalue weighted by Crippen LogP contribution is 2.36. The van der Waals surface area contributed by atoms with Crippen LogP contribution < -0.4 is 0 Å². The lowest BCUT2D eigenvalue weighted by Crippen LogP contribution is -2.54. The van der Waals surface area contributed by atoms with Gasteiger partial charge in [-0.2, -0.15) is 4.31 Å². The van der Waals surface area contributed by atoms with Crippen LogP contribution in [-0.4, -0.2) is 43.3 Å². The lowest BCUT2D eigenvalue weighted by molar-refractivity contribution is 0.0369. The summed E-state index contributed by atoms with van der Waals surface area (Å²) in [5, 5.41) is 0. The van der Waals surface area contributed by atoms with Crippen LogP contribution in [0.15, 0.2) is 51.8 Å². The molecule has 2 atom stereocenters. The van der Waals surface area contributed by atoms with Gasteiger partial charge in [-0.05, 0) is 31.2 Å². The van der Waals surface area contributed by atoms with Crippen molar-refractivity contribution in [2.45, 2.75) is 24.4 Å². The molecule has 3 heterocycles. The molecule has 6 heteroatoms. The standard InChI is InChI=1S/C17H20N2O3S/c1-13-7-8-15(22-13)11-18-9-14-10-19(12-17(14)18)23(20,21)16-5-3-2-4-6-16/h2-8,14,17H,9-12H2,1H3/t14-,17+/m0/s1. The van der Waals surface area contributed by atoms with E-state index in [2.05, 4.69) is 4.90 Å². The summed E-state index contributed by atoms with van der Waals surface area (Å²) in [6.07, 6.45) is 0. The lowest BCUT2D eigenvalue weighted by atomic mass is 9.92. The summed E-state index contributed by atoms with van der Waals surface area (Å²) in [4.78, 5) is 2.69. The Kier molecular flexibility index (Phi) is 3.55. The maximum atomic E-state index is 12.7. The molecule has 0 saturated carbocycles. The minimum absolute atomic E-state index is 0.305. The first-order chi connectivity index (χ1) is 11.0. The molecule has 0 unspecified atom stereocenters. The number of hydrogen-bond donors (Lipinski definition) is 0. The molecule has 2 saturated heterocycles. The van der Waals surface area contributed by atoms with Gasteiger partial charge in [0, 0.05) is 31.6 Å². The number of sulfonamides is 1. The zero-order chi connectivity index (χ0) is 16.0. The van der Waals surface area contributed by atoms with E-state index in [9.17, 15) is 8.42 Å². The second-order valence-electron chi connectivity index (χ2n) is 6.40. The van der Waals surface area contributed by atoms with Crippen molar-refractivity contribution in [2.24, 2.45) is 5.92 Å². The minimum Gasteiger partial charge on any atom is -0.465 e. The Morgan fingerprint density at radius 1 is 1.09 bits per heavy atom. The predicted octanol–water partition coefficient (Wildman–Crippen LogP) is 2.09. The third-order valence-electron chi connectivity index (χ3n) is 4.85. The number of aryl methyl sites for hydroxylation is 1. The number of benzene rings is 1. The van der Waals surface area contributed by atoms with Gasteiger partial charge in [-0.3, -0.25) is 4.90 Å². The molecule has 122 valence electrons. The smallest absolute Gasteiger partial charge is 0.243 e. The first-order valence-electron chi connectivity index (χ1n) is 7.88. The van der Waals surface area contributed by atoms with Gasteiger partial charge in [-0.1, -0.05) is 18.2 Å². The molecule has 0 aliphatic carbocycles. The summed E-state index contributed by atoms with van der Waals surface area (Å²) in [5.41, 5.74) is 0. The fourth-order valence-corrected chi connectivity index (χ4v) is 5.13. The average Bonchev–Trinajstić information content (AvgIpc) is 3.09. The predicted molar refractivity (Wildman–Crippen MR) is 86.3 cm³/mol. The Bertz CT molecular complexity index is 800. The van der Waals surface area contributed by atoms with Crippen molar-refractivity contribution < 1.29 is 12.8 Å². The number of nitrogens with zero attached hydrogens (tertiary/aromatic N) is 2. The summed E-state index contributed by atoms with van der Waals surface area (Å²) in [7, 11) is -3.37. The van der Waals surface area contributed by atoms with Crippen LogP contribution in [0.3, 0.4) is 0 Å². The summed E-state index contributed by atoms with van der Waals surface area (Å²) in [5.74, 6) is 2.30. The Hall–Kier alpha value is -1.63. The summed E-state index contributed by atoms with van der Waals surface area (Å²) in [6, 6.07) is 13.0. The first-order valence-corrected chi connectivity index (χ1v) is 9.32. The molecule has 2 aliphatic rings. The Labute approximate surface area is 136 Å². The summed E-state index contributed by atoms with van der Waals surface area (Å²) >= 11 is 0. The van der Waals surface area contributed by atoms with Gasteiger partial charge < -0.3 is 4.42 Å². The van der Waals surface area contributed by atoms with Crippen molar-refractivity contribution >= 4 is 10.0 Å². The van der Waals surface area contributed by atoms with Crippen molar-refractivity contribution in [3.05, 3.63) is 54.0 Å². The van der Waals surface area contributed by atoms with Gasteiger partial charge in [-0.25, -0.2) is 8.42 Å². The maximum Gasteiger partial charge on any atom is 0.243 e. The topological polar surface area (TPSA) is 53.8 Å². The van der Waals surface area contributed by atoms with Crippen molar-refractivity contribution in [1.82, 2.24) is 9.21 Å². The molecule has 2 aromatic rings. The number of hydrogen-bond acceptors (Lipinski definition) is 4. The third kappa shape index (κ3) is 2.60. The van der Waals surface area contributed by atoms with E-state index in [4.69, 9.17) is 4.42 Å². The Balaban J connectivity index is 1.46. The molecule has 23 heavy (non-hydrogen) atoms. The number of fused-ring (bicyclic) bond motifs is 1. The largest absolute Gasteiger partial charge is 0.465 e. The van der Waals surface area contributed by atoms with E-state index >= 15 is 0 Å². The number of furan rings is 1. The molecule has 1 aromatic heterocycles. The molecule has 5 nitrogen and oxygen atoms in total. The zero-order valence-corrected chi connectivity index (χ0v) is 13.9. The van der Waals surface area contributed by atoms with Gasteiger partial charge in [0.15, 0.2) is 0 Å². The normalized spacial score (nSPS) is 25.3. The van der Waals surface area contributed by atoms with Crippen molar-refractivity contribution in [1.29, 1.82) is 0 Å². The maximum absolute atomic E-state index is 12.7. The Morgan fingerprint density at radius 2 is 1.87 bits per heavy atom. The van der Waals surface area contributed by atoms with Crippen LogP contribution in [-0.2, 0) is 16.6 Å². The number of likely N-dealkylation sites (tertiary alicyclic amines) is 1. The fourth-order valence-electron chi connectivity index (χ4n) is 3.60. The molecule has 2 aliphatic heterocycles. The van der Waals surface area contributed by atoms with Crippen LogP contribution in [0.5, 0.6) is 0 Å². The highest BCUT2D eigenvalue weighted by molar-refractivity contribution is 7.89. The fraction of sp³-hybridized carbons (Fsp3) is 0.412. The first kappa shape index (κ1) is 14.9. The number of rotatable bonds is 4. The van der Waals surface area contributed by atoms with Crippen molar-refractivity contribution in [2.75, 3.05) is 19.6 Å². The van der Waals surface area contributed by atoms with E-state index in [1.165, 1.54) is 0 Å². The molecular weight excluding hydrogens is 312 g/mol. The van der Waals surface area contributed by atoms with Gasteiger partial charge in [0.05, 0.1) is 11.4 Å². The quantitative estimate of drug-likeness (QED) is 0.860. The van der Waals surface area contributed by atoms with Crippen LogP contribution in [0.1, 0.15) is 11.5 Å². The van der Waals surface area contributed by atoms with Gasteiger partial charge >= 0.3 is 0 Å². The lowest BCUT2D eigenvalue weighted by Gasteiger charge is -2.43. The second-order valence-corrected chi connectivity index (χ2v) is 8.34. The van der Waals surface area contributed by atoms with Crippen molar-refractivity contribution in [3.63, 3.8) is 0 Å². The highest BCUT2D eigenvalue weighted by Gasteiger charge is 2.48. The molecule has 4 rings (SSSR count). The molecule has 0 spiro atoms. The van der Waals surface area contributed by atoms with Gasteiger partial charge in [0.2, 0.25) is 10.0 Å². The van der Waals surface area contributed by atoms with E-state index in [0.717, 1.165) is 24.6 Å². The molecule has 0 bridgehead atoms. The summed E-state index contributed by atoms with van der Waals surface area (Å²) in [6.45, 7) is 4.82. The molecule has 1 aromatic carbocycles. The van der Waals surface area contributed by atoms with Crippen LogP contribution in [0, 0.1) is 12.8 Å². The van der Waals surface area contributed by atoms with Crippen LogP contribution in [0.4, 0.5) is 0 Å². The van der Waals surface area contributed by atoms with Gasteiger partial charge in [-0.15, -0.1) is 0 Å². The summed E-state index contributed by atoms with van der Waals surface area (Å²) < 4.78 is 32.7. The molecule has 0 amide bonds. The van der Waals surface area contributed by atoms with Crippen molar-refractivity contribution in [3.8, 4) is 0 Å². The molecule has 0 radical (unpaired) electrons. The van der Waals surface area contributed by atoms with Crippen LogP contribution >= 0.6 is 0 Å².